The van der Waals surface area contributed by atoms with Crippen LogP contribution in [0.3, 0.4) is 0 Å². The first-order valence-electron chi connectivity index (χ1n) is 11.3. The van der Waals surface area contributed by atoms with Crippen LogP contribution in [0, 0.1) is 5.92 Å². The van der Waals surface area contributed by atoms with Crippen molar-refractivity contribution in [1.82, 2.24) is 10.2 Å². The average molecular weight is 379 g/mol. The molecule has 0 bridgehead atoms. The predicted molar refractivity (Wildman–Crippen MR) is 116 cm³/mol. The van der Waals surface area contributed by atoms with Crippen molar-refractivity contribution >= 4 is 16.7 Å². The molecule has 0 radical (unpaired) electrons. The van der Waals surface area contributed by atoms with Gasteiger partial charge in [0.25, 0.3) is 0 Å². The molecule has 1 heterocycles. The molecule has 0 spiro atoms. The number of amides is 1. The van der Waals surface area contributed by atoms with Crippen LogP contribution in [0.15, 0.2) is 42.5 Å². The standard InChI is InChI=1S/C25H34N2O/c28-25(26-23-14-4-2-1-3-5-15-23)22-13-9-17-27(19-22)18-21-12-8-11-20-10-6-7-16-24(20)21/h6-8,10-12,16,22-23H,1-5,9,13-15,17-19H2,(H,26,28). The largest absolute Gasteiger partial charge is 0.353 e. The summed E-state index contributed by atoms with van der Waals surface area (Å²) in [6.07, 6.45) is 11.0. The zero-order valence-electron chi connectivity index (χ0n) is 17.0. The summed E-state index contributed by atoms with van der Waals surface area (Å²) in [6, 6.07) is 15.6. The highest BCUT2D eigenvalue weighted by atomic mass is 16.2. The number of nitrogens with zero attached hydrogens (tertiary/aromatic N) is 1. The van der Waals surface area contributed by atoms with Gasteiger partial charge in [-0.2, -0.15) is 0 Å². The number of rotatable bonds is 4. The summed E-state index contributed by atoms with van der Waals surface area (Å²) in [7, 11) is 0. The normalized spacial score (nSPS) is 22.5. The Balaban J connectivity index is 1.36. The van der Waals surface area contributed by atoms with Gasteiger partial charge >= 0.3 is 0 Å². The maximum absolute atomic E-state index is 12.9. The lowest BCUT2D eigenvalue weighted by atomic mass is 9.93. The third-order valence-corrected chi connectivity index (χ3v) is 6.60. The molecule has 2 aromatic carbocycles. The Labute approximate surface area is 169 Å². The van der Waals surface area contributed by atoms with Crippen LogP contribution < -0.4 is 5.32 Å². The Hall–Kier alpha value is -1.87. The number of benzene rings is 2. The molecule has 1 saturated carbocycles. The molecule has 1 aliphatic carbocycles. The monoisotopic (exact) mass is 378 g/mol. The molecule has 28 heavy (non-hydrogen) atoms. The van der Waals surface area contributed by atoms with Gasteiger partial charge in [-0.1, -0.05) is 74.6 Å². The number of likely N-dealkylation sites (tertiary alicyclic amines) is 1. The Morgan fingerprint density at radius 2 is 1.64 bits per heavy atom. The average Bonchev–Trinajstić information content (AvgIpc) is 2.70. The van der Waals surface area contributed by atoms with Crippen LogP contribution >= 0.6 is 0 Å². The molecule has 3 nitrogen and oxygen atoms in total. The smallest absolute Gasteiger partial charge is 0.224 e. The van der Waals surface area contributed by atoms with Crippen molar-refractivity contribution in [2.24, 2.45) is 5.92 Å². The van der Waals surface area contributed by atoms with Gasteiger partial charge in [-0.3, -0.25) is 9.69 Å². The highest BCUT2D eigenvalue weighted by molar-refractivity contribution is 5.85. The van der Waals surface area contributed by atoms with Crippen LogP contribution in [0.1, 0.15) is 63.4 Å². The first kappa shape index (κ1) is 19.4. The fourth-order valence-corrected chi connectivity index (χ4v) is 5.00. The van der Waals surface area contributed by atoms with E-state index >= 15 is 0 Å². The molecule has 3 heteroatoms. The van der Waals surface area contributed by atoms with E-state index in [-0.39, 0.29) is 5.92 Å². The van der Waals surface area contributed by atoms with E-state index in [0.29, 0.717) is 11.9 Å². The molecule has 2 fully saturated rings. The molecular weight excluding hydrogens is 344 g/mol. The van der Waals surface area contributed by atoms with Gasteiger partial charge in [-0.25, -0.2) is 0 Å². The van der Waals surface area contributed by atoms with E-state index in [2.05, 4.69) is 52.7 Å². The molecule has 1 amide bonds. The molecule has 1 saturated heterocycles. The quantitative estimate of drug-likeness (QED) is 0.785. The molecule has 1 atom stereocenters. The second-order valence-corrected chi connectivity index (χ2v) is 8.76. The van der Waals surface area contributed by atoms with Crippen LogP contribution in [-0.2, 0) is 11.3 Å². The Kier molecular flexibility index (Phi) is 6.64. The SMILES string of the molecule is O=C(NC1CCCCCCC1)C1CCCN(Cc2cccc3ccccc23)C1. The third-order valence-electron chi connectivity index (χ3n) is 6.60. The van der Waals surface area contributed by atoms with E-state index in [1.807, 2.05) is 0 Å². The maximum atomic E-state index is 12.9. The minimum atomic E-state index is 0.147. The Morgan fingerprint density at radius 1 is 0.893 bits per heavy atom. The summed E-state index contributed by atoms with van der Waals surface area (Å²) >= 11 is 0. The number of carbonyl (C=O) groups is 1. The molecule has 150 valence electrons. The molecule has 0 aromatic heterocycles. The van der Waals surface area contributed by atoms with Gasteiger partial charge in [0, 0.05) is 19.1 Å². The van der Waals surface area contributed by atoms with Gasteiger partial charge in [0.1, 0.15) is 0 Å². The molecule has 1 unspecified atom stereocenters. The van der Waals surface area contributed by atoms with Gasteiger partial charge < -0.3 is 5.32 Å². The third kappa shape index (κ3) is 4.94. The summed E-state index contributed by atoms with van der Waals surface area (Å²) in [5.41, 5.74) is 1.37. The Morgan fingerprint density at radius 3 is 2.50 bits per heavy atom. The lowest BCUT2D eigenvalue weighted by molar-refractivity contribution is -0.127. The topological polar surface area (TPSA) is 32.3 Å². The summed E-state index contributed by atoms with van der Waals surface area (Å²) in [5.74, 6) is 0.447. The van der Waals surface area contributed by atoms with Crippen molar-refractivity contribution in [3.8, 4) is 0 Å². The van der Waals surface area contributed by atoms with Gasteiger partial charge in [-0.15, -0.1) is 0 Å². The first-order chi connectivity index (χ1) is 13.8. The number of piperidine rings is 1. The molecule has 1 N–H and O–H groups in total. The summed E-state index contributed by atoms with van der Waals surface area (Å²) < 4.78 is 0. The molecular formula is C25H34N2O. The summed E-state index contributed by atoms with van der Waals surface area (Å²) in [6.45, 7) is 2.92. The van der Waals surface area contributed by atoms with Crippen molar-refractivity contribution in [1.29, 1.82) is 0 Å². The Bertz CT molecular complexity index is 774. The van der Waals surface area contributed by atoms with Crippen LogP contribution in [0.4, 0.5) is 0 Å². The van der Waals surface area contributed by atoms with Crippen molar-refractivity contribution < 1.29 is 4.79 Å². The number of fused-ring (bicyclic) bond motifs is 1. The fourth-order valence-electron chi connectivity index (χ4n) is 5.00. The van der Waals surface area contributed by atoms with E-state index in [1.54, 1.807) is 0 Å². The second kappa shape index (κ2) is 9.56. The lowest BCUT2D eigenvalue weighted by Gasteiger charge is -2.33. The van der Waals surface area contributed by atoms with Crippen LogP contribution in [0.2, 0.25) is 0 Å². The van der Waals surface area contributed by atoms with Crippen molar-refractivity contribution in [2.45, 2.75) is 70.4 Å². The van der Waals surface area contributed by atoms with Gasteiger partial charge in [0.05, 0.1) is 5.92 Å². The van der Waals surface area contributed by atoms with Crippen molar-refractivity contribution in [2.75, 3.05) is 13.1 Å². The second-order valence-electron chi connectivity index (χ2n) is 8.76. The number of nitrogens with one attached hydrogen (secondary N) is 1. The highest BCUT2D eigenvalue weighted by Gasteiger charge is 2.27. The fraction of sp³-hybridized carbons (Fsp3) is 0.560. The minimum Gasteiger partial charge on any atom is -0.353 e. The maximum Gasteiger partial charge on any atom is 0.224 e. The lowest BCUT2D eigenvalue weighted by Crippen LogP contribution is -2.45. The molecule has 2 aliphatic rings. The van der Waals surface area contributed by atoms with Crippen LogP contribution in [0.25, 0.3) is 10.8 Å². The number of hydrogen-bond acceptors (Lipinski definition) is 2. The molecule has 2 aromatic rings. The number of hydrogen-bond donors (Lipinski definition) is 1. The number of carbonyl (C=O) groups excluding carboxylic acids is 1. The van der Waals surface area contributed by atoms with E-state index in [1.165, 1.54) is 48.4 Å². The van der Waals surface area contributed by atoms with Crippen molar-refractivity contribution in [3.63, 3.8) is 0 Å². The molecule has 4 rings (SSSR count). The van der Waals surface area contributed by atoms with Gasteiger partial charge in [0.2, 0.25) is 5.91 Å². The zero-order valence-corrected chi connectivity index (χ0v) is 17.0. The summed E-state index contributed by atoms with van der Waals surface area (Å²) in [4.78, 5) is 15.4. The molecule has 1 aliphatic heterocycles. The van der Waals surface area contributed by atoms with Crippen molar-refractivity contribution in [3.05, 3.63) is 48.0 Å². The van der Waals surface area contributed by atoms with Gasteiger partial charge in [-0.05, 0) is 48.6 Å². The van der Waals surface area contributed by atoms with E-state index in [9.17, 15) is 4.79 Å². The van der Waals surface area contributed by atoms with Crippen LogP contribution in [0.5, 0.6) is 0 Å². The minimum absolute atomic E-state index is 0.147. The van der Waals surface area contributed by atoms with Gasteiger partial charge in [0.15, 0.2) is 0 Å². The van der Waals surface area contributed by atoms with E-state index in [0.717, 1.165) is 45.3 Å². The van der Waals surface area contributed by atoms with E-state index in [4.69, 9.17) is 0 Å². The summed E-state index contributed by atoms with van der Waals surface area (Å²) in [5, 5.41) is 6.05. The highest BCUT2D eigenvalue weighted by Crippen LogP contribution is 2.24. The van der Waals surface area contributed by atoms with Crippen LogP contribution in [-0.4, -0.2) is 29.9 Å². The zero-order chi connectivity index (χ0) is 19.2. The first-order valence-corrected chi connectivity index (χ1v) is 11.3. The predicted octanol–water partition coefficient (Wildman–Crippen LogP) is 5.28. The van der Waals surface area contributed by atoms with E-state index < -0.39 is 0 Å².